The first-order valence-corrected chi connectivity index (χ1v) is 7.17. The molecule has 1 N–H and O–H groups in total. The number of carbonyl (C=O) groups excluding carboxylic acids is 1. The largest absolute Gasteiger partial charge is 0.496 e. The number of hydrogen-bond donors (Lipinski definition) is 1. The molecule has 0 fully saturated rings. The van der Waals surface area contributed by atoms with Gasteiger partial charge in [-0.25, -0.2) is 0 Å². The average molecular weight is 299 g/mol. The van der Waals surface area contributed by atoms with E-state index in [1.54, 1.807) is 32.4 Å². The van der Waals surface area contributed by atoms with Crippen LogP contribution in [0.15, 0.2) is 48.5 Å². The van der Waals surface area contributed by atoms with Crippen molar-refractivity contribution in [2.45, 2.75) is 19.6 Å². The highest BCUT2D eigenvalue weighted by Crippen LogP contribution is 2.21. The highest BCUT2D eigenvalue weighted by Gasteiger charge is 2.13. The predicted octanol–water partition coefficient (Wildman–Crippen LogP) is 3.33. The van der Waals surface area contributed by atoms with E-state index in [1.807, 2.05) is 37.3 Å². The third-order valence-corrected chi connectivity index (χ3v) is 3.49. The molecule has 1 amide bonds. The van der Waals surface area contributed by atoms with Crippen molar-refractivity contribution >= 4 is 5.91 Å². The smallest absolute Gasteiger partial charge is 0.251 e. The Hall–Kier alpha value is -2.33. The van der Waals surface area contributed by atoms with E-state index in [0.717, 1.165) is 16.9 Å². The van der Waals surface area contributed by atoms with Gasteiger partial charge in [0.1, 0.15) is 5.75 Å². The second-order valence-electron chi connectivity index (χ2n) is 5.07. The molecule has 0 heterocycles. The summed E-state index contributed by atoms with van der Waals surface area (Å²) in [5.74, 6) is 0.603. The minimum Gasteiger partial charge on any atom is -0.496 e. The molecule has 2 aromatic rings. The fraction of sp³-hybridized carbons (Fsp3) is 0.278. The fourth-order valence-corrected chi connectivity index (χ4v) is 2.29. The minimum atomic E-state index is -0.114. The zero-order valence-corrected chi connectivity index (χ0v) is 13.1. The van der Waals surface area contributed by atoms with Gasteiger partial charge in [-0.2, -0.15) is 0 Å². The van der Waals surface area contributed by atoms with Crippen molar-refractivity contribution in [3.63, 3.8) is 0 Å². The number of hydrogen-bond acceptors (Lipinski definition) is 3. The van der Waals surface area contributed by atoms with Crippen molar-refractivity contribution in [3.8, 4) is 5.75 Å². The lowest BCUT2D eigenvalue weighted by molar-refractivity contribution is 0.0939. The Kier molecular flexibility index (Phi) is 5.55. The predicted molar refractivity (Wildman–Crippen MR) is 86.0 cm³/mol. The van der Waals surface area contributed by atoms with Crippen molar-refractivity contribution in [1.29, 1.82) is 0 Å². The van der Waals surface area contributed by atoms with Crippen LogP contribution in [-0.2, 0) is 11.3 Å². The highest BCUT2D eigenvalue weighted by atomic mass is 16.5. The number of methoxy groups -OCH3 is 2. The summed E-state index contributed by atoms with van der Waals surface area (Å²) in [4.78, 5) is 12.4. The van der Waals surface area contributed by atoms with Crippen LogP contribution >= 0.6 is 0 Å². The van der Waals surface area contributed by atoms with Crippen LogP contribution in [0.3, 0.4) is 0 Å². The lowest BCUT2D eigenvalue weighted by Gasteiger charge is -2.15. The molecule has 2 rings (SSSR count). The monoisotopic (exact) mass is 299 g/mol. The summed E-state index contributed by atoms with van der Waals surface area (Å²) in [6.45, 7) is 2.37. The van der Waals surface area contributed by atoms with E-state index < -0.39 is 0 Å². The summed E-state index contributed by atoms with van der Waals surface area (Å²) >= 11 is 0. The average Bonchev–Trinajstić information content (AvgIpc) is 2.55. The maximum absolute atomic E-state index is 12.4. The molecule has 0 saturated carbocycles. The van der Waals surface area contributed by atoms with E-state index in [2.05, 4.69) is 5.32 Å². The maximum Gasteiger partial charge on any atom is 0.251 e. The normalized spacial score (nSPS) is 11.8. The van der Waals surface area contributed by atoms with Crippen molar-refractivity contribution < 1.29 is 14.3 Å². The molecule has 0 bridgehead atoms. The van der Waals surface area contributed by atoms with E-state index in [0.29, 0.717) is 12.2 Å². The minimum absolute atomic E-state index is 0.0540. The van der Waals surface area contributed by atoms with Gasteiger partial charge in [-0.15, -0.1) is 0 Å². The molecule has 4 heteroatoms. The van der Waals surface area contributed by atoms with E-state index in [-0.39, 0.29) is 11.9 Å². The van der Waals surface area contributed by atoms with E-state index in [1.165, 1.54) is 0 Å². The Morgan fingerprint density at radius 1 is 1.14 bits per heavy atom. The lowest BCUT2D eigenvalue weighted by atomic mass is 10.1. The van der Waals surface area contributed by atoms with Gasteiger partial charge in [-0.3, -0.25) is 4.79 Å². The van der Waals surface area contributed by atoms with Crippen molar-refractivity contribution in [2.24, 2.45) is 0 Å². The molecular formula is C18H21NO3. The first-order chi connectivity index (χ1) is 10.7. The third-order valence-electron chi connectivity index (χ3n) is 3.49. The van der Waals surface area contributed by atoms with Crippen LogP contribution in [-0.4, -0.2) is 20.1 Å². The summed E-state index contributed by atoms with van der Waals surface area (Å²) < 4.78 is 10.4. The van der Waals surface area contributed by atoms with Gasteiger partial charge in [0.2, 0.25) is 0 Å². The molecule has 2 aromatic carbocycles. The van der Waals surface area contributed by atoms with Crippen LogP contribution < -0.4 is 10.1 Å². The van der Waals surface area contributed by atoms with Gasteiger partial charge < -0.3 is 14.8 Å². The molecule has 0 spiro atoms. The van der Waals surface area contributed by atoms with Gasteiger partial charge in [-0.05, 0) is 30.7 Å². The summed E-state index contributed by atoms with van der Waals surface area (Å²) in [5.41, 5.74) is 2.52. The second-order valence-corrected chi connectivity index (χ2v) is 5.07. The maximum atomic E-state index is 12.4. The molecule has 0 saturated heterocycles. The van der Waals surface area contributed by atoms with Crippen molar-refractivity contribution in [1.82, 2.24) is 5.32 Å². The van der Waals surface area contributed by atoms with Crippen molar-refractivity contribution in [3.05, 3.63) is 65.2 Å². The quantitative estimate of drug-likeness (QED) is 0.890. The molecule has 4 nitrogen and oxygen atoms in total. The fourth-order valence-electron chi connectivity index (χ4n) is 2.29. The molecule has 22 heavy (non-hydrogen) atoms. The topological polar surface area (TPSA) is 47.6 Å². The molecule has 0 aliphatic heterocycles. The first-order valence-electron chi connectivity index (χ1n) is 7.17. The van der Waals surface area contributed by atoms with Gasteiger partial charge in [0.25, 0.3) is 5.91 Å². The van der Waals surface area contributed by atoms with Gasteiger partial charge in [0.05, 0.1) is 19.8 Å². The SMILES string of the molecule is COCc1cc(C(=O)N[C@@H](C)c2ccccc2)ccc1OC. The number of ether oxygens (including phenoxy) is 2. The molecular weight excluding hydrogens is 278 g/mol. The Labute approximate surface area is 131 Å². The molecule has 0 aliphatic rings. The second kappa shape index (κ2) is 7.61. The summed E-state index contributed by atoms with van der Waals surface area (Å²) in [5, 5.41) is 3.00. The van der Waals surface area contributed by atoms with Gasteiger partial charge in [0, 0.05) is 18.2 Å². The zero-order chi connectivity index (χ0) is 15.9. The van der Waals surface area contributed by atoms with Crippen molar-refractivity contribution in [2.75, 3.05) is 14.2 Å². The Morgan fingerprint density at radius 2 is 1.86 bits per heavy atom. The Morgan fingerprint density at radius 3 is 2.50 bits per heavy atom. The molecule has 116 valence electrons. The number of amides is 1. The summed E-state index contributed by atoms with van der Waals surface area (Å²) in [6, 6.07) is 15.2. The molecule has 1 atom stereocenters. The molecule has 0 radical (unpaired) electrons. The van der Waals surface area contributed by atoms with Crippen LogP contribution in [0, 0.1) is 0 Å². The van der Waals surface area contributed by atoms with Gasteiger partial charge >= 0.3 is 0 Å². The van der Waals surface area contributed by atoms with E-state index >= 15 is 0 Å². The number of rotatable bonds is 6. The van der Waals surface area contributed by atoms with Crippen LogP contribution in [0.5, 0.6) is 5.75 Å². The van der Waals surface area contributed by atoms with Crippen LogP contribution in [0.1, 0.15) is 34.5 Å². The summed E-state index contributed by atoms with van der Waals surface area (Å²) in [7, 11) is 3.22. The molecule has 0 unspecified atom stereocenters. The summed E-state index contributed by atoms with van der Waals surface area (Å²) in [6.07, 6.45) is 0. The number of benzene rings is 2. The standard InChI is InChI=1S/C18H21NO3/c1-13(14-7-5-4-6-8-14)19-18(20)15-9-10-17(22-3)16(11-15)12-21-2/h4-11,13H,12H2,1-3H3,(H,19,20)/t13-/m0/s1. The molecule has 0 aromatic heterocycles. The van der Waals surface area contributed by atoms with E-state index in [4.69, 9.17) is 9.47 Å². The molecule has 0 aliphatic carbocycles. The van der Waals surface area contributed by atoms with Crippen LogP contribution in [0.25, 0.3) is 0 Å². The zero-order valence-electron chi connectivity index (χ0n) is 13.1. The third kappa shape index (κ3) is 3.86. The highest BCUT2D eigenvalue weighted by molar-refractivity contribution is 5.94. The number of nitrogens with one attached hydrogen (secondary N) is 1. The lowest BCUT2D eigenvalue weighted by Crippen LogP contribution is -2.26. The van der Waals surface area contributed by atoms with Crippen LogP contribution in [0.4, 0.5) is 0 Å². The van der Waals surface area contributed by atoms with Crippen LogP contribution in [0.2, 0.25) is 0 Å². The Balaban J connectivity index is 2.14. The Bertz CT molecular complexity index is 625. The van der Waals surface area contributed by atoms with Gasteiger partial charge in [-0.1, -0.05) is 30.3 Å². The number of carbonyl (C=O) groups is 1. The van der Waals surface area contributed by atoms with E-state index in [9.17, 15) is 4.79 Å². The first kappa shape index (κ1) is 16.0. The van der Waals surface area contributed by atoms with Gasteiger partial charge in [0.15, 0.2) is 0 Å².